The number of piperidine rings is 1. The third-order valence-corrected chi connectivity index (χ3v) is 5.37. The van der Waals surface area contributed by atoms with Crippen LogP contribution in [0.15, 0.2) is 18.2 Å². The summed E-state index contributed by atoms with van der Waals surface area (Å²) in [6, 6.07) is 3.91. The lowest BCUT2D eigenvalue weighted by atomic mass is 10.0. The highest BCUT2D eigenvalue weighted by Gasteiger charge is 2.46. The van der Waals surface area contributed by atoms with E-state index in [1.807, 2.05) is 4.90 Å². The summed E-state index contributed by atoms with van der Waals surface area (Å²) >= 11 is 0. The highest BCUT2D eigenvalue weighted by molar-refractivity contribution is 6.25. The molecule has 1 aromatic carbocycles. The van der Waals surface area contributed by atoms with Crippen molar-refractivity contribution >= 4 is 35.3 Å². The average molecular weight is 401 g/mol. The Kier molecular flexibility index (Phi) is 4.79. The first-order chi connectivity index (χ1) is 13.9. The molecule has 0 spiro atoms. The van der Waals surface area contributed by atoms with Crippen LogP contribution in [0.5, 0.6) is 0 Å². The molecule has 4 amide bonds. The molecule has 1 unspecified atom stereocenters. The van der Waals surface area contributed by atoms with Crippen LogP contribution < -0.4 is 10.2 Å². The van der Waals surface area contributed by atoms with Gasteiger partial charge in [-0.25, -0.2) is 4.79 Å². The Morgan fingerprint density at radius 2 is 1.97 bits per heavy atom. The van der Waals surface area contributed by atoms with Gasteiger partial charge in [0, 0.05) is 19.5 Å². The largest absolute Gasteiger partial charge is 0.480 e. The molecule has 1 aromatic rings. The van der Waals surface area contributed by atoms with Crippen LogP contribution in [0.25, 0.3) is 0 Å². The van der Waals surface area contributed by atoms with E-state index in [0.717, 1.165) is 4.90 Å². The van der Waals surface area contributed by atoms with Crippen molar-refractivity contribution in [3.63, 3.8) is 0 Å². The number of imide groups is 2. The maximum Gasteiger partial charge on any atom is 0.329 e. The molecule has 2 atom stereocenters. The Labute approximate surface area is 165 Å². The summed E-state index contributed by atoms with van der Waals surface area (Å²) in [5.74, 6) is -3.25. The maximum atomic E-state index is 13.1. The molecule has 10 heteroatoms. The summed E-state index contributed by atoms with van der Waals surface area (Å²) in [6.07, 6.45) is 0.460. The van der Waals surface area contributed by atoms with Crippen LogP contribution in [0.1, 0.15) is 40.0 Å². The van der Waals surface area contributed by atoms with Crippen molar-refractivity contribution in [3.8, 4) is 0 Å². The average Bonchev–Trinajstić information content (AvgIpc) is 3.25. The number of carbonyl (C=O) groups excluding carboxylic acids is 4. The van der Waals surface area contributed by atoms with E-state index < -0.39 is 42.2 Å². The Hall–Kier alpha value is -3.27. The lowest BCUT2D eigenvalue weighted by molar-refractivity contribution is -0.144. The van der Waals surface area contributed by atoms with Crippen molar-refractivity contribution in [2.75, 3.05) is 24.6 Å². The van der Waals surface area contributed by atoms with Crippen molar-refractivity contribution in [2.45, 2.75) is 31.4 Å². The fourth-order valence-corrected chi connectivity index (χ4v) is 4.03. The van der Waals surface area contributed by atoms with E-state index >= 15 is 0 Å². The number of carbonyl (C=O) groups is 5. The predicted octanol–water partition coefficient (Wildman–Crippen LogP) is -0.232. The van der Waals surface area contributed by atoms with Crippen LogP contribution in [0.4, 0.5) is 5.69 Å². The number of carboxylic acids is 1. The number of carboxylic acid groups (broad SMARTS) is 1. The van der Waals surface area contributed by atoms with Crippen molar-refractivity contribution in [1.29, 1.82) is 0 Å². The Morgan fingerprint density at radius 3 is 2.69 bits per heavy atom. The molecule has 0 saturated carbocycles. The summed E-state index contributed by atoms with van der Waals surface area (Å²) in [5.41, 5.74) is 0.991. The van der Waals surface area contributed by atoms with Gasteiger partial charge >= 0.3 is 5.97 Å². The van der Waals surface area contributed by atoms with Crippen molar-refractivity contribution in [1.82, 2.24) is 10.2 Å². The molecular formula is C19H19N3O7. The number of rotatable bonds is 5. The number of fused-ring (bicyclic) bond motifs is 1. The van der Waals surface area contributed by atoms with E-state index in [1.54, 1.807) is 18.2 Å². The lowest BCUT2D eigenvalue weighted by Crippen LogP contribution is -2.54. The molecule has 3 aliphatic rings. The first kappa shape index (κ1) is 19.1. The molecule has 3 aliphatic heterocycles. The topological polar surface area (TPSA) is 133 Å². The van der Waals surface area contributed by atoms with Crippen molar-refractivity contribution in [2.24, 2.45) is 0 Å². The van der Waals surface area contributed by atoms with Gasteiger partial charge < -0.3 is 14.7 Å². The number of hydrogen-bond donors (Lipinski definition) is 2. The molecule has 2 fully saturated rings. The molecule has 10 nitrogen and oxygen atoms in total. The van der Waals surface area contributed by atoms with Gasteiger partial charge in [-0.3, -0.25) is 29.4 Å². The zero-order valence-electron chi connectivity index (χ0n) is 15.4. The van der Waals surface area contributed by atoms with E-state index in [9.17, 15) is 24.0 Å². The number of ether oxygens (including phenoxy) is 1. The number of aliphatic carboxylic acids is 1. The highest BCUT2D eigenvalue weighted by atomic mass is 16.5. The minimum absolute atomic E-state index is 0.0609. The van der Waals surface area contributed by atoms with Gasteiger partial charge in [-0.1, -0.05) is 6.07 Å². The third-order valence-electron chi connectivity index (χ3n) is 5.37. The third kappa shape index (κ3) is 3.35. The van der Waals surface area contributed by atoms with E-state index in [-0.39, 0.29) is 30.1 Å². The van der Waals surface area contributed by atoms with E-state index in [0.29, 0.717) is 25.2 Å². The zero-order chi connectivity index (χ0) is 20.7. The molecule has 2 N–H and O–H groups in total. The summed E-state index contributed by atoms with van der Waals surface area (Å²) in [6.45, 7) is 0.538. The summed E-state index contributed by atoms with van der Waals surface area (Å²) < 4.78 is 5.34. The minimum Gasteiger partial charge on any atom is -0.480 e. The summed E-state index contributed by atoms with van der Waals surface area (Å²) in [4.78, 5) is 63.1. The van der Waals surface area contributed by atoms with E-state index in [2.05, 4.69) is 5.32 Å². The van der Waals surface area contributed by atoms with E-state index in [4.69, 9.17) is 9.84 Å². The number of hydrogen-bond acceptors (Lipinski definition) is 7. The second kappa shape index (κ2) is 7.28. The molecular weight excluding hydrogens is 382 g/mol. The van der Waals surface area contributed by atoms with Crippen molar-refractivity contribution < 1.29 is 33.8 Å². The van der Waals surface area contributed by atoms with Crippen LogP contribution in [-0.4, -0.2) is 71.4 Å². The molecule has 29 heavy (non-hydrogen) atoms. The van der Waals surface area contributed by atoms with Gasteiger partial charge in [0.05, 0.1) is 22.9 Å². The zero-order valence-corrected chi connectivity index (χ0v) is 15.4. The normalized spacial score (nSPS) is 24.1. The molecule has 0 aliphatic carbocycles. The van der Waals surface area contributed by atoms with Crippen LogP contribution in [0, 0.1) is 0 Å². The molecule has 3 heterocycles. The van der Waals surface area contributed by atoms with Crippen LogP contribution in [0.2, 0.25) is 0 Å². The van der Waals surface area contributed by atoms with Crippen LogP contribution in [-0.2, 0) is 19.1 Å². The van der Waals surface area contributed by atoms with Gasteiger partial charge in [0.25, 0.3) is 11.8 Å². The fourth-order valence-electron chi connectivity index (χ4n) is 4.03. The number of anilines is 1. The smallest absolute Gasteiger partial charge is 0.329 e. The van der Waals surface area contributed by atoms with Crippen LogP contribution in [0.3, 0.4) is 0 Å². The fraction of sp³-hybridized carbons (Fsp3) is 0.421. The summed E-state index contributed by atoms with van der Waals surface area (Å²) in [7, 11) is 0. The molecule has 2 saturated heterocycles. The quantitative estimate of drug-likeness (QED) is 0.647. The predicted molar refractivity (Wildman–Crippen MR) is 97.3 cm³/mol. The Morgan fingerprint density at radius 1 is 1.17 bits per heavy atom. The molecule has 152 valence electrons. The number of amides is 4. The SMILES string of the molecule is O=C(O)CO[C@H]1CCN(c2cccc3c2C(=O)N(C2CCC(=O)NC2=O)C3=O)C1. The Balaban J connectivity index is 1.58. The molecule has 4 rings (SSSR count). The minimum atomic E-state index is -1.05. The number of nitrogens with one attached hydrogen (secondary N) is 1. The first-order valence-electron chi connectivity index (χ1n) is 9.29. The van der Waals surface area contributed by atoms with Gasteiger partial charge in [0.2, 0.25) is 11.8 Å². The molecule has 0 aromatic heterocycles. The first-order valence-corrected chi connectivity index (χ1v) is 9.29. The molecule has 0 bridgehead atoms. The maximum absolute atomic E-state index is 13.1. The highest BCUT2D eigenvalue weighted by Crippen LogP contribution is 2.35. The van der Waals surface area contributed by atoms with Crippen LogP contribution >= 0.6 is 0 Å². The van der Waals surface area contributed by atoms with Gasteiger partial charge in [-0.15, -0.1) is 0 Å². The van der Waals surface area contributed by atoms with Gasteiger partial charge in [-0.2, -0.15) is 0 Å². The van der Waals surface area contributed by atoms with Gasteiger partial charge in [0.15, 0.2) is 0 Å². The standard InChI is InChI=1S/C19H19N3O7/c23-14-5-4-13(17(26)20-14)22-18(27)11-2-1-3-12(16(11)19(22)28)21-7-6-10(8-21)29-9-15(24)25/h1-3,10,13H,4-9H2,(H,24,25)(H,20,23,26)/t10-,13?/m0/s1. The van der Waals surface area contributed by atoms with Crippen molar-refractivity contribution in [3.05, 3.63) is 29.3 Å². The Bertz CT molecular complexity index is 928. The monoisotopic (exact) mass is 401 g/mol. The number of benzene rings is 1. The van der Waals surface area contributed by atoms with E-state index in [1.165, 1.54) is 0 Å². The van der Waals surface area contributed by atoms with Gasteiger partial charge in [0.1, 0.15) is 12.6 Å². The number of nitrogens with zero attached hydrogens (tertiary/aromatic N) is 2. The second-order valence-corrected chi connectivity index (χ2v) is 7.21. The molecule has 0 radical (unpaired) electrons. The summed E-state index contributed by atoms with van der Waals surface area (Å²) in [5, 5.41) is 10.9. The second-order valence-electron chi connectivity index (χ2n) is 7.21. The lowest BCUT2D eigenvalue weighted by Gasteiger charge is -2.28. The van der Waals surface area contributed by atoms with Gasteiger partial charge in [-0.05, 0) is 25.0 Å².